The Morgan fingerprint density at radius 3 is 2.85 bits per heavy atom. The maximum Gasteiger partial charge on any atom is 0.319 e. The molecule has 2 amide bonds. The summed E-state index contributed by atoms with van der Waals surface area (Å²) in [7, 11) is 1.59. The first-order chi connectivity index (χ1) is 12.7. The minimum Gasteiger partial charge on any atom is -0.495 e. The van der Waals surface area contributed by atoms with Gasteiger partial charge in [-0.05, 0) is 42.3 Å². The summed E-state index contributed by atoms with van der Waals surface area (Å²) >= 11 is 1.97. The number of thioether (sulfide) groups is 1. The summed E-state index contributed by atoms with van der Waals surface area (Å²) in [5.41, 5.74) is 2.74. The predicted molar refractivity (Wildman–Crippen MR) is 107 cm³/mol. The minimum absolute atomic E-state index is 0.262. The number of ether oxygens (including phenoxy) is 1. The van der Waals surface area contributed by atoms with Gasteiger partial charge in [-0.3, -0.25) is 0 Å². The predicted octanol–water partition coefficient (Wildman–Crippen LogP) is 3.27. The quantitative estimate of drug-likeness (QED) is 0.843. The maximum atomic E-state index is 12.2. The number of hydrogen-bond donors (Lipinski definition) is 2. The Bertz CT molecular complexity index is 763. The van der Waals surface area contributed by atoms with Crippen molar-refractivity contribution in [1.82, 2.24) is 10.3 Å². The lowest BCUT2D eigenvalue weighted by molar-refractivity contribution is 0.251. The van der Waals surface area contributed by atoms with Gasteiger partial charge in [0.1, 0.15) is 11.6 Å². The molecular formula is C19H24N4O2S. The number of benzene rings is 1. The molecule has 1 aromatic carbocycles. The van der Waals surface area contributed by atoms with Crippen molar-refractivity contribution in [3.63, 3.8) is 0 Å². The highest BCUT2D eigenvalue weighted by Crippen LogP contribution is 2.25. The van der Waals surface area contributed by atoms with Crippen molar-refractivity contribution in [1.29, 1.82) is 0 Å². The van der Waals surface area contributed by atoms with Crippen LogP contribution in [0.5, 0.6) is 5.75 Å². The number of nitrogens with zero attached hydrogens (tertiary/aromatic N) is 2. The van der Waals surface area contributed by atoms with E-state index in [0.29, 0.717) is 18.0 Å². The molecule has 0 unspecified atom stereocenters. The Hall–Kier alpha value is -2.41. The van der Waals surface area contributed by atoms with E-state index < -0.39 is 0 Å². The number of rotatable bonds is 5. The van der Waals surface area contributed by atoms with E-state index in [1.54, 1.807) is 13.3 Å². The fourth-order valence-corrected chi connectivity index (χ4v) is 3.71. The van der Waals surface area contributed by atoms with E-state index in [1.807, 2.05) is 49.0 Å². The monoisotopic (exact) mass is 372 g/mol. The van der Waals surface area contributed by atoms with Crippen LogP contribution in [0.2, 0.25) is 0 Å². The molecule has 2 N–H and O–H groups in total. The second kappa shape index (κ2) is 8.80. The average Bonchev–Trinajstić information content (AvgIpc) is 2.67. The number of aromatic nitrogens is 1. The molecule has 138 valence electrons. The number of hydrogen-bond acceptors (Lipinski definition) is 5. The molecule has 7 heteroatoms. The summed E-state index contributed by atoms with van der Waals surface area (Å²) in [6.45, 7) is 4.45. The first-order valence-corrected chi connectivity index (χ1v) is 9.78. The zero-order valence-corrected chi connectivity index (χ0v) is 15.9. The first kappa shape index (κ1) is 18.4. The van der Waals surface area contributed by atoms with Crippen molar-refractivity contribution < 1.29 is 9.53 Å². The van der Waals surface area contributed by atoms with Gasteiger partial charge in [0.2, 0.25) is 0 Å². The van der Waals surface area contributed by atoms with E-state index in [4.69, 9.17) is 4.74 Å². The van der Waals surface area contributed by atoms with Crippen molar-refractivity contribution in [2.45, 2.75) is 13.5 Å². The molecule has 26 heavy (non-hydrogen) atoms. The summed E-state index contributed by atoms with van der Waals surface area (Å²) in [4.78, 5) is 19.0. The van der Waals surface area contributed by atoms with Crippen molar-refractivity contribution >= 4 is 29.3 Å². The van der Waals surface area contributed by atoms with Crippen LogP contribution in [0, 0.1) is 6.92 Å². The fraction of sp³-hybridized carbons (Fsp3) is 0.368. The van der Waals surface area contributed by atoms with Gasteiger partial charge in [0.15, 0.2) is 0 Å². The third-order valence-corrected chi connectivity index (χ3v) is 5.14. The van der Waals surface area contributed by atoms with Crippen LogP contribution in [0.1, 0.15) is 11.1 Å². The van der Waals surface area contributed by atoms with Gasteiger partial charge in [0, 0.05) is 37.3 Å². The zero-order chi connectivity index (χ0) is 18.4. The Labute approximate surface area is 158 Å². The van der Waals surface area contributed by atoms with Crippen LogP contribution < -0.4 is 20.3 Å². The molecule has 0 saturated carbocycles. The molecule has 0 spiro atoms. The molecule has 0 radical (unpaired) electrons. The summed E-state index contributed by atoms with van der Waals surface area (Å²) in [5.74, 6) is 3.88. The molecule has 1 saturated heterocycles. The SMILES string of the molecule is COc1ccc(C)cc1NC(=O)NCc1ccnc(N2CCSCC2)c1. The molecule has 6 nitrogen and oxygen atoms in total. The number of urea groups is 1. The zero-order valence-electron chi connectivity index (χ0n) is 15.1. The number of methoxy groups -OCH3 is 1. The van der Waals surface area contributed by atoms with Gasteiger partial charge in [-0.25, -0.2) is 9.78 Å². The number of pyridine rings is 1. The number of nitrogens with one attached hydrogen (secondary N) is 2. The Balaban J connectivity index is 1.58. The van der Waals surface area contributed by atoms with Gasteiger partial charge in [0.25, 0.3) is 0 Å². The van der Waals surface area contributed by atoms with Gasteiger partial charge in [-0.1, -0.05) is 6.07 Å². The van der Waals surface area contributed by atoms with E-state index in [9.17, 15) is 4.79 Å². The average molecular weight is 372 g/mol. The highest BCUT2D eigenvalue weighted by Gasteiger charge is 2.13. The van der Waals surface area contributed by atoms with Crippen molar-refractivity contribution in [3.05, 3.63) is 47.7 Å². The second-order valence-electron chi connectivity index (χ2n) is 6.13. The largest absolute Gasteiger partial charge is 0.495 e. The molecule has 1 fully saturated rings. The summed E-state index contributed by atoms with van der Waals surface area (Å²) in [6.07, 6.45) is 1.80. The lowest BCUT2D eigenvalue weighted by atomic mass is 10.2. The molecule has 0 bridgehead atoms. The molecule has 1 aliphatic heterocycles. The Kier molecular flexibility index (Phi) is 6.22. The van der Waals surface area contributed by atoms with E-state index in [2.05, 4.69) is 20.5 Å². The van der Waals surface area contributed by atoms with Crippen molar-refractivity contribution in [2.75, 3.05) is 41.9 Å². The number of carbonyl (C=O) groups is 1. The third-order valence-electron chi connectivity index (χ3n) is 4.20. The summed E-state index contributed by atoms with van der Waals surface area (Å²) in [6, 6.07) is 9.38. The van der Waals surface area contributed by atoms with Crippen LogP contribution in [-0.4, -0.2) is 42.7 Å². The third kappa shape index (κ3) is 4.82. The molecule has 2 aromatic rings. The minimum atomic E-state index is -0.262. The highest BCUT2D eigenvalue weighted by molar-refractivity contribution is 7.99. The van der Waals surface area contributed by atoms with Crippen LogP contribution in [0.4, 0.5) is 16.3 Å². The normalized spacial score (nSPS) is 14.0. The van der Waals surface area contributed by atoms with Crippen LogP contribution in [0.3, 0.4) is 0 Å². The lowest BCUT2D eigenvalue weighted by Gasteiger charge is -2.27. The van der Waals surface area contributed by atoms with Gasteiger partial charge in [0.05, 0.1) is 12.8 Å². The summed E-state index contributed by atoms with van der Waals surface area (Å²) in [5, 5.41) is 5.74. The van der Waals surface area contributed by atoms with Gasteiger partial charge < -0.3 is 20.3 Å². The van der Waals surface area contributed by atoms with E-state index >= 15 is 0 Å². The van der Waals surface area contributed by atoms with Crippen LogP contribution in [-0.2, 0) is 6.54 Å². The lowest BCUT2D eigenvalue weighted by Crippen LogP contribution is -2.33. The van der Waals surface area contributed by atoms with Crippen molar-refractivity contribution in [3.8, 4) is 5.75 Å². The molecule has 3 rings (SSSR count). The Morgan fingerprint density at radius 2 is 2.08 bits per heavy atom. The van der Waals surface area contributed by atoms with Crippen LogP contribution in [0.25, 0.3) is 0 Å². The van der Waals surface area contributed by atoms with Crippen molar-refractivity contribution in [2.24, 2.45) is 0 Å². The molecule has 1 aliphatic rings. The van der Waals surface area contributed by atoms with E-state index in [-0.39, 0.29) is 6.03 Å². The molecule has 2 heterocycles. The summed E-state index contributed by atoms with van der Waals surface area (Å²) < 4.78 is 5.29. The standard InChI is InChI=1S/C19H24N4O2S/c1-14-3-4-17(25-2)16(11-14)22-19(24)21-13-15-5-6-20-18(12-15)23-7-9-26-10-8-23/h3-6,11-12H,7-10,13H2,1-2H3,(H2,21,22,24). The van der Waals surface area contributed by atoms with Crippen LogP contribution >= 0.6 is 11.8 Å². The van der Waals surface area contributed by atoms with Gasteiger partial charge in [-0.2, -0.15) is 11.8 Å². The second-order valence-corrected chi connectivity index (χ2v) is 7.36. The topological polar surface area (TPSA) is 66.5 Å². The maximum absolute atomic E-state index is 12.2. The number of amides is 2. The molecule has 1 aromatic heterocycles. The number of anilines is 2. The van der Waals surface area contributed by atoms with E-state index in [1.165, 1.54) is 0 Å². The highest BCUT2D eigenvalue weighted by atomic mass is 32.2. The smallest absolute Gasteiger partial charge is 0.319 e. The van der Waals surface area contributed by atoms with Gasteiger partial charge in [-0.15, -0.1) is 0 Å². The molecule has 0 aliphatic carbocycles. The number of aryl methyl sites for hydroxylation is 1. The van der Waals surface area contributed by atoms with Crippen LogP contribution in [0.15, 0.2) is 36.5 Å². The Morgan fingerprint density at radius 1 is 1.27 bits per heavy atom. The molecule has 0 atom stereocenters. The van der Waals surface area contributed by atoms with E-state index in [0.717, 1.165) is 41.5 Å². The first-order valence-electron chi connectivity index (χ1n) is 8.63. The van der Waals surface area contributed by atoms with Gasteiger partial charge >= 0.3 is 6.03 Å². The molecular weight excluding hydrogens is 348 g/mol. The fourth-order valence-electron chi connectivity index (χ4n) is 2.80. The number of carbonyl (C=O) groups excluding carboxylic acids is 1.